The van der Waals surface area contributed by atoms with E-state index in [0.29, 0.717) is 5.57 Å². The number of tetrazole rings is 1. The van der Waals surface area contributed by atoms with Gasteiger partial charge < -0.3 is 9.72 Å². The van der Waals surface area contributed by atoms with E-state index in [0.717, 1.165) is 28.2 Å². The van der Waals surface area contributed by atoms with Crippen LogP contribution in [0.3, 0.4) is 0 Å². The second-order valence-electron chi connectivity index (χ2n) is 5.68. The fourth-order valence-corrected chi connectivity index (χ4v) is 2.61. The van der Waals surface area contributed by atoms with Crippen LogP contribution in [-0.2, 0) is 0 Å². The van der Waals surface area contributed by atoms with Crippen molar-refractivity contribution in [3.8, 4) is 17.3 Å². The van der Waals surface area contributed by atoms with Crippen LogP contribution >= 0.6 is 0 Å². The molecule has 8 heteroatoms. The number of benzene rings is 1. The molecule has 0 saturated heterocycles. The fourth-order valence-electron chi connectivity index (χ4n) is 2.61. The Balaban J connectivity index is 1.56. The largest absolute Gasteiger partial charge is 0.360 e. The summed E-state index contributed by atoms with van der Waals surface area (Å²) in [5.74, 6) is 0.247. The number of nitriles is 1. The predicted octanol–water partition coefficient (Wildman–Crippen LogP) is 2.80. The van der Waals surface area contributed by atoms with Crippen LogP contribution in [0, 0.1) is 18.3 Å². The van der Waals surface area contributed by atoms with Gasteiger partial charge in [-0.15, -0.1) is 10.2 Å². The highest BCUT2D eigenvalue weighted by atomic mass is 15.5. The van der Waals surface area contributed by atoms with E-state index in [-0.39, 0.29) is 5.82 Å². The van der Waals surface area contributed by atoms with Gasteiger partial charge in [0.05, 0.1) is 5.69 Å². The maximum absolute atomic E-state index is 9.17. The second-order valence-corrected chi connectivity index (χ2v) is 5.68. The number of aryl methyl sites for hydroxylation is 1. The number of hydrogen-bond acceptors (Lipinski definition) is 6. The molecular formula is C18H14N8. The number of allylic oxidation sites excluding steroid dienone is 1. The molecule has 0 aliphatic rings. The summed E-state index contributed by atoms with van der Waals surface area (Å²) in [6.07, 6.45) is 5.55. The van der Waals surface area contributed by atoms with Crippen LogP contribution < -0.4 is 5.32 Å². The van der Waals surface area contributed by atoms with E-state index < -0.39 is 0 Å². The molecule has 1 aromatic carbocycles. The molecule has 3 aromatic heterocycles. The Morgan fingerprint density at radius 3 is 2.81 bits per heavy atom. The lowest BCUT2D eigenvalue weighted by atomic mass is 10.1. The third-order valence-electron chi connectivity index (χ3n) is 3.95. The van der Waals surface area contributed by atoms with Gasteiger partial charge >= 0.3 is 0 Å². The van der Waals surface area contributed by atoms with E-state index in [4.69, 9.17) is 10.2 Å². The highest BCUT2D eigenvalue weighted by Crippen LogP contribution is 2.22. The van der Waals surface area contributed by atoms with Crippen LogP contribution in [0.2, 0.25) is 0 Å². The summed E-state index contributed by atoms with van der Waals surface area (Å²) in [7, 11) is 0. The number of H-pyrrole nitrogens is 1. The SMILES string of the molecule is Cc1cccn2cc(-c3ccc(NC=C(C#N)c4nn[nH]n4)cc3)nc12. The Morgan fingerprint density at radius 1 is 1.27 bits per heavy atom. The quantitative estimate of drug-likeness (QED) is 0.552. The Morgan fingerprint density at radius 2 is 2.12 bits per heavy atom. The minimum atomic E-state index is 0.247. The molecule has 2 N–H and O–H groups in total. The van der Waals surface area contributed by atoms with Gasteiger partial charge in [-0.3, -0.25) is 0 Å². The standard InChI is InChI=1S/C18H14N8/c1-12-3-2-8-26-11-16(21-18(12)26)13-4-6-15(7-5-13)20-10-14(9-19)17-22-24-25-23-17/h2-8,10-11,20H,1H3,(H,22,23,24,25). The van der Waals surface area contributed by atoms with Crippen LogP contribution in [0.5, 0.6) is 0 Å². The number of anilines is 1. The van der Waals surface area contributed by atoms with Gasteiger partial charge in [0.25, 0.3) is 0 Å². The highest BCUT2D eigenvalue weighted by molar-refractivity contribution is 5.74. The average Bonchev–Trinajstić information content (AvgIpc) is 3.33. The minimum absolute atomic E-state index is 0.247. The highest BCUT2D eigenvalue weighted by Gasteiger charge is 2.07. The van der Waals surface area contributed by atoms with E-state index in [1.54, 1.807) is 6.20 Å². The fraction of sp³-hybridized carbons (Fsp3) is 0.0556. The van der Waals surface area contributed by atoms with Gasteiger partial charge in [-0.2, -0.15) is 10.5 Å². The third kappa shape index (κ3) is 2.89. The monoisotopic (exact) mass is 342 g/mol. The second kappa shape index (κ2) is 6.49. The molecule has 26 heavy (non-hydrogen) atoms. The maximum atomic E-state index is 9.17. The molecule has 0 unspecified atom stereocenters. The van der Waals surface area contributed by atoms with Crippen molar-refractivity contribution in [2.75, 3.05) is 5.32 Å². The molecule has 3 heterocycles. The first-order chi connectivity index (χ1) is 12.7. The van der Waals surface area contributed by atoms with Gasteiger partial charge in [0.15, 0.2) is 0 Å². The Labute approximate surface area is 148 Å². The summed E-state index contributed by atoms with van der Waals surface area (Å²) in [6.45, 7) is 2.04. The first kappa shape index (κ1) is 15.5. The van der Waals surface area contributed by atoms with Crippen molar-refractivity contribution in [1.29, 1.82) is 5.26 Å². The van der Waals surface area contributed by atoms with Crippen LogP contribution in [0.4, 0.5) is 5.69 Å². The number of aromatic amines is 1. The number of nitrogens with one attached hydrogen (secondary N) is 2. The molecule has 0 aliphatic heterocycles. The van der Waals surface area contributed by atoms with Gasteiger partial charge in [0.1, 0.15) is 17.3 Å². The predicted molar refractivity (Wildman–Crippen MR) is 96.8 cm³/mol. The number of rotatable bonds is 4. The van der Waals surface area contributed by atoms with Gasteiger partial charge in [-0.1, -0.05) is 18.2 Å². The third-order valence-corrected chi connectivity index (χ3v) is 3.95. The van der Waals surface area contributed by atoms with Crippen molar-refractivity contribution in [1.82, 2.24) is 30.0 Å². The summed E-state index contributed by atoms with van der Waals surface area (Å²) >= 11 is 0. The lowest BCUT2D eigenvalue weighted by Crippen LogP contribution is -1.93. The normalized spacial score (nSPS) is 11.5. The maximum Gasteiger partial charge on any atom is 0.216 e. The zero-order valence-electron chi connectivity index (χ0n) is 13.9. The van der Waals surface area contributed by atoms with Crippen molar-refractivity contribution in [2.24, 2.45) is 0 Å². The smallest absolute Gasteiger partial charge is 0.216 e. The molecule has 0 saturated carbocycles. The molecule has 0 atom stereocenters. The number of fused-ring (bicyclic) bond motifs is 1. The molecule has 0 spiro atoms. The zero-order valence-corrected chi connectivity index (χ0v) is 13.9. The van der Waals surface area contributed by atoms with Crippen LogP contribution in [0.25, 0.3) is 22.5 Å². The first-order valence-corrected chi connectivity index (χ1v) is 7.90. The molecular weight excluding hydrogens is 328 g/mol. The van der Waals surface area contributed by atoms with Gasteiger partial charge in [0, 0.05) is 29.8 Å². The Kier molecular flexibility index (Phi) is 3.88. The van der Waals surface area contributed by atoms with Crippen LogP contribution in [0.15, 0.2) is 55.0 Å². The number of imidazole rings is 1. The average molecular weight is 342 g/mol. The molecule has 0 radical (unpaired) electrons. The van der Waals surface area contributed by atoms with Crippen molar-refractivity contribution < 1.29 is 0 Å². The van der Waals surface area contributed by atoms with Crippen molar-refractivity contribution in [3.05, 3.63) is 66.4 Å². The van der Waals surface area contributed by atoms with E-state index in [9.17, 15) is 0 Å². The number of pyridine rings is 1. The molecule has 0 bridgehead atoms. The molecule has 0 fully saturated rings. The van der Waals surface area contributed by atoms with E-state index >= 15 is 0 Å². The van der Waals surface area contributed by atoms with E-state index in [2.05, 4.69) is 25.9 Å². The summed E-state index contributed by atoms with van der Waals surface area (Å²) in [5.41, 5.74) is 5.13. The van der Waals surface area contributed by atoms with Crippen molar-refractivity contribution in [2.45, 2.75) is 6.92 Å². The molecule has 4 rings (SSSR count). The molecule has 4 aromatic rings. The van der Waals surface area contributed by atoms with Gasteiger partial charge in [-0.25, -0.2) is 4.98 Å². The van der Waals surface area contributed by atoms with Gasteiger partial charge in [0.2, 0.25) is 5.82 Å². The van der Waals surface area contributed by atoms with E-state index in [1.807, 2.05) is 66.2 Å². The minimum Gasteiger partial charge on any atom is -0.360 e. The summed E-state index contributed by atoms with van der Waals surface area (Å²) in [4.78, 5) is 4.69. The van der Waals surface area contributed by atoms with Crippen LogP contribution in [0.1, 0.15) is 11.4 Å². The topological polar surface area (TPSA) is 108 Å². The van der Waals surface area contributed by atoms with Gasteiger partial charge in [-0.05, 0) is 35.9 Å². The molecule has 0 aliphatic carbocycles. The van der Waals surface area contributed by atoms with Crippen molar-refractivity contribution >= 4 is 16.9 Å². The number of aromatic nitrogens is 6. The molecule has 0 amide bonds. The summed E-state index contributed by atoms with van der Waals surface area (Å²) < 4.78 is 2.02. The van der Waals surface area contributed by atoms with E-state index in [1.165, 1.54) is 0 Å². The first-order valence-electron chi connectivity index (χ1n) is 7.90. The van der Waals surface area contributed by atoms with Crippen LogP contribution in [-0.4, -0.2) is 30.0 Å². The Bertz CT molecular complexity index is 1110. The summed E-state index contributed by atoms with van der Waals surface area (Å²) in [5, 5.41) is 25.6. The Hall–Kier alpha value is -3.99. The molecule has 8 nitrogen and oxygen atoms in total. The summed E-state index contributed by atoms with van der Waals surface area (Å²) in [6, 6.07) is 13.9. The number of hydrogen-bond donors (Lipinski definition) is 2. The lowest BCUT2D eigenvalue weighted by Gasteiger charge is -2.02. The molecule has 126 valence electrons. The number of nitrogens with zero attached hydrogens (tertiary/aromatic N) is 6. The zero-order chi connectivity index (χ0) is 17.9. The van der Waals surface area contributed by atoms with Crippen molar-refractivity contribution in [3.63, 3.8) is 0 Å². The lowest BCUT2D eigenvalue weighted by molar-refractivity contribution is 0.881.